The molecule has 8 heteroatoms. The first-order valence-electron chi connectivity index (χ1n) is 10.9. The largest absolute Gasteiger partial charge is 0.490 e. The summed E-state index contributed by atoms with van der Waals surface area (Å²) in [4.78, 5) is 12.4. The molecule has 2 atom stereocenters. The van der Waals surface area contributed by atoms with E-state index in [1.807, 2.05) is 32.1 Å². The Bertz CT molecular complexity index is 910. The molecule has 0 aromatic carbocycles. The Labute approximate surface area is 200 Å². The lowest BCUT2D eigenvalue weighted by Gasteiger charge is -2.36. The highest BCUT2D eigenvalue weighted by Crippen LogP contribution is 2.47. The van der Waals surface area contributed by atoms with E-state index in [9.17, 15) is 23.2 Å². The average Bonchev–Trinajstić information content (AvgIpc) is 2.71. The molecule has 0 aliphatic heterocycles. The first-order valence-corrected chi connectivity index (χ1v) is 11.3. The molecule has 184 valence electrons. The highest BCUT2D eigenvalue weighted by Gasteiger charge is 2.52. The Kier molecular flexibility index (Phi) is 9.86. The van der Waals surface area contributed by atoms with Gasteiger partial charge in [0.05, 0.1) is 11.5 Å². The molecule has 1 unspecified atom stereocenters. The molecule has 1 rings (SSSR count). The summed E-state index contributed by atoms with van der Waals surface area (Å²) >= 11 is 6.36. The maximum Gasteiger partial charge on any atom is 0.394 e. The molecule has 1 aliphatic rings. The van der Waals surface area contributed by atoms with Gasteiger partial charge in [0, 0.05) is 17.0 Å². The monoisotopic (exact) mass is 486 g/mol. The van der Waals surface area contributed by atoms with E-state index in [4.69, 9.17) is 16.3 Å². The lowest BCUT2D eigenvalue weighted by Crippen LogP contribution is -2.48. The number of nitriles is 1. The minimum absolute atomic E-state index is 0.0563. The van der Waals surface area contributed by atoms with Crippen molar-refractivity contribution in [1.29, 1.82) is 5.26 Å². The lowest BCUT2D eigenvalue weighted by atomic mass is 9.74. The number of nitrogens with one attached hydrogen (secondary N) is 1. The molecule has 0 aromatic rings. The second kappa shape index (κ2) is 11.3. The second-order valence-corrected chi connectivity index (χ2v) is 9.79. The lowest BCUT2D eigenvalue weighted by molar-refractivity contribution is -0.235. The zero-order chi connectivity index (χ0) is 25.6. The molecule has 0 aromatic heterocycles. The molecule has 0 spiro atoms. The summed E-state index contributed by atoms with van der Waals surface area (Å²) in [6, 6.07) is 2.03. The number of alkyl halides is 3. The number of halogens is 4. The van der Waals surface area contributed by atoms with Gasteiger partial charge in [0.15, 0.2) is 5.54 Å². The van der Waals surface area contributed by atoms with Gasteiger partial charge in [0.1, 0.15) is 12.4 Å². The predicted molar refractivity (Wildman–Crippen MR) is 125 cm³/mol. The molecule has 0 bridgehead atoms. The normalized spacial score (nSPS) is 22.5. The van der Waals surface area contributed by atoms with E-state index in [1.54, 1.807) is 13.0 Å². The number of amides is 1. The molecule has 4 nitrogen and oxygen atoms in total. The van der Waals surface area contributed by atoms with Crippen LogP contribution in [-0.2, 0) is 9.53 Å². The van der Waals surface area contributed by atoms with Gasteiger partial charge in [-0.05, 0) is 69.8 Å². The smallest absolute Gasteiger partial charge is 0.394 e. The van der Waals surface area contributed by atoms with Crippen molar-refractivity contribution < 1.29 is 22.7 Å². The highest BCUT2D eigenvalue weighted by molar-refractivity contribution is 6.32. The average molecular weight is 487 g/mol. The number of rotatable bonds is 9. The van der Waals surface area contributed by atoms with E-state index >= 15 is 0 Å². The van der Waals surface area contributed by atoms with Gasteiger partial charge in [-0.15, -0.1) is 0 Å². The van der Waals surface area contributed by atoms with E-state index in [1.165, 1.54) is 27.7 Å². The van der Waals surface area contributed by atoms with Gasteiger partial charge in [-0.3, -0.25) is 4.79 Å². The molecule has 1 N–H and O–H groups in total. The maximum absolute atomic E-state index is 13.5. The molecule has 0 heterocycles. The molecule has 0 radical (unpaired) electrons. The third-order valence-corrected chi connectivity index (χ3v) is 6.77. The first kappa shape index (κ1) is 28.8. The van der Waals surface area contributed by atoms with Gasteiger partial charge in [0.2, 0.25) is 5.91 Å². The summed E-state index contributed by atoms with van der Waals surface area (Å²) in [5, 5.41) is 12.7. The SMILES string of the molecule is CC1=C(C)/C=C(Cl)/C(C)=C(\OCC(C)(C#N)NC(=O)CCC[C@@](C)(C(C)C)C(F)(F)F)C=C1. The van der Waals surface area contributed by atoms with Crippen molar-refractivity contribution in [2.75, 3.05) is 6.61 Å². The third kappa shape index (κ3) is 7.67. The summed E-state index contributed by atoms with van der Waals surface area (Å²) in [5.41, 5.74) is -0.524. The minimum Gasteiger partial charge on any atom is -0.490 e. The molecule has 0 saturated carbocycles. The summed E-state index contributed by atoms with van der Waals surface area (Å²) in [6.45, 7) is 11.3. The van der Waals surface area contributed by atoms with Crippen LogP contribution in [0.4, 0.5) is 13.2 Å². The fourth-order valence-corrected chi connectivity index (χ4v) is 3.46. The van der Waals surface area contributed by atoms with Crippen LogP contribution < -0.4 is 5.32 Å². The van der Waals surface area contributed by atoms with Crippen LogP contribution in [0, 0.1) is 22.7 Å². The van der Waals surface area contributed by atoms with Gasteiger partial charge in [-0.25, -0.2) is 0 Å². The van der Waals surface area contributed by atoms with Crippen molar-refractivity contribution in [2.24, 2.45) is 11.3 Å². The van der Waals surface area contributed by atoms with Crippen LogP contribution >= 0.6 is 11.6 Å². The number of carbonyl (C=O) groups excluding carboxylic acids is 1. The highest BCUT2D eigenvalue weighted by atomic mass is 35.5. The Morgan fingerprint density at radius 2 is 1.79 bits per heavy atom. The summed E-state index contributed by atoms with van der Waals surface area (Å²) in [5.74, 6) is -0.645. The van der Waals surface area contributed by atoms with E-state index in [0.717, 1.165) is 11.1 Å². The zero-order valence-corrected chi connectivity index (χ0v) is 21.2. The molecule has 1 aliphatic carbocycles. The van der Waals surface area contributed by atoms with Crippen LogP contribution in [0.2, 0.25) is 0 Å². The molecular formula is C25H34ClF3N2O2. The van der Waals surface area contributed by atoms with E-state index < -0.39 is 29.0 Å². The Morgan fingerprint density at radius 1 is 1.18 bits per heavy atom. The van der Waals surface area contributed by atoms with E-state index in [2.05, 4.69) is 5.32 Å². The first-order chi connectivity index (χ1) is 15.1. The summed E-state index contributed by atoms with van der Waals surface area (Å²) in [6.07, 6.45) is 0.877. The van der Waals surface area contributed by atoms with Gasteiger partial charge in [-0.1, -0.05) is 38.4 Å². The third-order valence-electron chi connectivity index (χ3n) is 6.38. The number of hydrogen-bond donors (Lipinski definition) is 1. The van der Waals surface area contributed by atoms with Crippen molar-refractivity contribution in [3.8, 4) is 6.07 Å². The van der Waals surface area contributed by atoms with Crippen LogP contribution in [-0.4, -0.2) is 24.2 Å². The maximum atomic E-state index is 13.5. The van der Waals surface area contributed by atoms with Gasteiger partial charge in [0.25, 0.3) is 0 Å². The van der Waals surface area contributed by atoms with Crippen molar-refractivity contribution >= 4 is 17.5 Å². The van der Waals surface area contributed by atoms with Crippen molar-refractivity contribution in [1.82, 2.24) is 5.32 Å². The van der Waals surface area contributed by atoms with Gasteiger partial charge >= 0.3 is 6.18 Å². The van der Waals surface area contributed by atoms with Crippen LogP contribution in [0.1, 0.15) is 67.7 Å². The Hall–Kier alpha value is -2.20. The van der Waals surface area contributed by atoms with E-state index in [-0.39, 0.29) is 25.9 Å². The minimum atomic E-state index is -4.36. The molecular weight excluding hydrogens is 453 g/mol. The Morgan fingerprint density at radius 3 is 2.30 bits per heavy atom. The van der Waals surface area contributed by atoms with Crippen LogP contribution in [0.3, 0.4) is 0 Å². The van der Waals surface area contributed by atoms with Crippen molar-refractivity contribution in [3.63, 3.8) is 0 Å². The zero-order valence-electron chi connectivity index (χ0n) is 20.4. The topological polar surface area (TPSA) is 62.1 Å². The summed E-state index contributed by atoms with van der Waals surface area (Å²) < 4.78 is 46.2. The molecule has 0 saturated heterocycles. The number of carbonyl (C=O) groups is 1. The molecule has 33 heavy (non-hydrogen) atoms. The number of hydrogen-bond acceptors (Lipinski definition) is 3. The number of allylic oxidation sites excluding steroid dienone is 7. The standard InChI is InChI=1S/C25H34ClF3N2O2/c1-16(2)24(7,25(27,28)29)12-8-9-22(32)31-23(6,14-30)15-33-21-11-10-17(3)18(4)13-20(26)19(21)5/h10-11,13,16H,8-9,12,15H2,1-7H3,(H,31,32)/b11-10?,17-10?,18-13?,18-17?,20-13-,20-19?,21-11?,21-19-/t23?,24-/m0/s1. The quantitative estimate of drug-likeness (QED) is 0.378. The van der Waals surface area contributed by atoms with Crippen molar-refractivity contribution in [2.45, 2.75) is 79.4 Å². The fraction of sp³-hybridized carbons (Fsp3) is 0.600. The number of ether oxygens (including phenoxy) is 1. The predicted octanol–water partition coefficient (Wildman–Crippen LogP) is 7.10. The van der Waals surface area contributed by atoms with Crippen LogP contribution in [0.15, 0.2) is 45.7 Å². The second-order valence-electron chi connectivity index (χ2n) is 9.39. The van der Waals surface area contributed by atoms with E-state index in [0.29, 0.717) is 16.4 Å². The van der Waals surface area contributed by atoms with Crippen LogP contribution in [0.5, 0.6) is 0 Å². The van der Waals surface area contributed by atoms with Gasteiger partial charge in [-0.2, -0.15) is 18.4 Å². The Balaban J connectivity index is 2.80. The summed E-state index contributed by atoms with van der Waals surface area (Å²) in [7, 11) is 0. The van der Waals surface area contributed by atoms with Crippen LogP contribution in [0.25, 0.3) is 0 Å². The fourth-order valence-electron chi connectivity index (χ4n) is 3.21. The molecule has 0 fully saturated rings. The molecule has 1 amide bonds. The van der Waals surface area contributed by atoms with Crippen molar-refractivity contribution in [3.05, 3.63) is 45.7 Å². The van der Waals surface area contributed by atoms with Gasteiger partial charge < -0.3 is 10.1 Å². The number of nitrogens with zero attached hydrogens (tertiary/aromatic N) is 1.